The number of rotatable bonds is 5. The van der Waals surface area contributed by atoms with Gasteiger partial charge in [0.15, 0.2) is 5.13 Å². The van der Waals surface area contributed by atoms with Crippen molar-refractivity contribution in [1.29, 1.82) is 0 Å². The summed E-state index contributed by atoms with van der Waals surface area (Å²) < 4.78 is 0. The predicted molar refractivity (Wildman–Crippen MR) is 70.2 cm³/mol. The zero-order valence-corrected chi connectivity index (χ0v) is 10.8. The maximum Gasteiger partial charge on any atom is 0.347 e. The van der Waals surface area contributed by atoms with E-state index in [1.165, 1.54) is 11.8 Å². The Kier molecular flexibility index (Phi) is 3.75. The van der Waals surface area contributed by atoms with Gasteiger partial charge in [-0.05, 0) is 35.7 Å². The van der Waals surface area contributed by atoms with Gasteiger partial charge in [0.1, 0.15) is 4.88 Å². The third kappa shape index (κ3) is 3.28. The second-order valence-electron chi connectivity index (χ2n) is 3.72. The molecule has 0 amide bonds. The zero-order chi connectivity index (χ0) is 12.3. The van der Waals surface area contributed by atoms with Crippen molar-refractivity contribution in [2.45, 2.75) is 19.4 Å². The van der Waals surface area contributed by atoms with Gasteiger partial charge in [-0.2, -0.15) is 11.3 Å². The number of aromatic nitrogens is 1. The summed E-state index contributed by atoms with van der Waals surface area (Å²) in [6, 6.07) is 2.32. The van der Waals surface area contributed by atoms with Crippen LogP contribution in [0.15, 0.2) is 23.0 Å². The van der Waals surface area contributed by atoms with Gasteiger partial charge in [-0.25, -0.2) is 9.78 Å². The third-order valence-electron chi connectivity index (χ3n) is 2.21. The van der Waals surface area contributed by atoms with Gasteiger partial charge in [0.25, 0.3) is 0 Å². The Labute approximate surface area is 107 Å². The monoisotopic (exact) mass is 268 g/mol. The topological polar surface area (TPSA) is 62.2 Å². The van der Waals surface area contributed by atoms with E-state index in [1.807, 2.05) is 5.38 Å². The number of nitrogens with zero attached hydrogens (tertiary/aromatic N) is 1. The highest BCUT2D eigenvalue weighted by molar-refractivity contribution is 7.17. The fourth-order valence-electron chi connectivity index (χ4n) is 1.46. The summed E-state index contributed by atoms with van der Waals surface area (Å²) in [5, 5.41) is 16.8. The molecule has 1 atom stereocenters. The molecule has 2 heterocycles. The van der Waals surface area contributed by atoms with Crippen LogP contribution in [0.3, 0.4) is 0 Å². The molecule has 2 rings (SSSR count). The number of carboxylic acid groups (broad SMARTS) is 1. The molecule has 90 valence electrons. The van der Waals surface area contributed by atoms with Gasteiger partial charge in [0.05, 0.1) is 6.20 Å². The van der Waals surface area contributed by atoms with Crippen molar-refractivity contribution in [3.8, 4) is 0 Å². The van der Waals surface area contributed by atoms with Crippen molar-refractivity contribution >= 4 is 33.8 Å². The molecule has 0 aliphatic heterocycles. The first-order valence-corrected chi connectivity index (χ1v) is 6.88. The fraction of sp³-hybridized carbons (Fsp3) is 0.273. The molecule has 0 radical (unpaired) electrons. The Hall–Kier alpha value is -1.40. The average Bonchev–Trinajstić information content (AvgIpc) is 2.88. The summed E-state index contributed by atoms with van der Waals surface area (Å²) in [4.78, 5) is 15.0. The Balaban J connectivity index is 1.93. The van der Waals surface area contributed by atoms with Crippen LogP contribution in [-0.4, -0.2) is 22.1 Å². The number of aromatic carboxylic acids is 1. The molecule has 1 unspecified atom stereocenters. The van der Waals surface area contributed by atoms with Gasteiger partial charge in [-0.15, -0.1) is 0 Å². The van der Waals surface area contributed by atoms with Crippen LogP contribution in [0.2, 0.25) is 0 Å². The highest BCUT2D eigenvalue weighted by Gasteiger charge is 2.10. The lowest BCUT2D eigenvalue weighted by Gasteiger charge is -2.11. The van der Waals surface area contributed by atoms with E-state index in [2.05, 4.69) is 28.7 Å². The van der Waals surface area contributed by atoms with E-state index < -0.39 is 5.97 Å². The molecule has 17 heavy (non-hydrogen) atoms. The molecule has 6 heteroatoms. The normalized spacial score (nSPS) is 12.3. The van der Waals surface area contributed by atoms with Crippen molar-refractivity contribution in [2.24, 2.45) is 0 Å². The van der Waals surface area contributed by atoms with Crippen molar-refractivity contribution in [2.75, 3.05) is 5.32 Å². The van der Waals surface area contributed by atoms with E-state index in [0.29, 0.717) is 5.13 Å². The molecular formula is C11H12N2O2S2. The molecule has 0 saturated carbocycles. The van der Waals surface area contributed by atoms with Crippen molar-refractivity contribution in [3.63, 3.8) is 0 Å². The Bertz CT molecular complexity index is 493. The van der Waals surface area contributed by atoms with E-state index in [9.17, 15) is 4.79 Å². The van der Waals surface area contributed by atoms with Crippen LogP contribution in [0.1, 0.15) is 22.2 Å². The Morgan fingerprint density at radius 3 is 3.06 bits per heavy atom. The Morgan fingerprint density at radius 2 is 2.47 bits per heavy atom. The lowest BCUT2D eigenvalue weighted by molar-refractivity contribution is 0.0702. The number of thiophene rings is 1. The summed E-state index contributed by atoms with van der Waals surface area (Å²) in [6.07, 6.45) is 2.29. The van der Waals surface area contributed by atoms with Gasteiger partial charge < -0.3 is 10.4 Å². The number of hydrogen-bond acceptors (Lipinski definition) is 5. The molecule has 0 aliphatic carbocycles. The molecular weight excluding hydrogens is 256 g/mol. The predicted octanol–water partition coefficient (Wildman–Crippen LogP) is 2.95. The molecule has 0 bridgehead atoms. The quantitative estimate of drug-likeness (QED) is 0.875. The van der Waals surface area contributed by atoms with Gasteiger partial charge >= 0.3 is 5.97 Å². The lowest BCUT2D eigenvalue weighted by atomic mass is 10.1. The van der Waals surface area contributed by atoms with Crippen LogP contribution in [0.4, 0.5) is 5.13 Å². The van der Waals surface area contributed by atoms with Gasteiger partial charge in [0.2, 0.25) is 0 Å². The second kappa shape index (κ2) is 5.29. The molecule has 0 aliphatic rings. The SMILES string of the molecule is CC(Cc1ccsc1)Nc1ncc(C(=O)O)s1. The summed E-state index contributed by atoms with van der Waals surface area (Å²) >= 11 is 2.84. The average molecular weight is 268 g/mol. The summed E-state index contributed by atoms with van der Waals surface area (Å²) in [5.41, 5.74) is 1.28. The molecule has 0 spiro atoms. The minimum atomic E-state index is -0.930. The van der Waals surface area contributed by atoms with Crippen molar-refractivity contribution < 1.29 is 9.90 Å². The summed E-state index contributed by atoms with van der Waals surface area (Å²) in [7, 11) is 0. The van der Waals surface area contributed by atoms with E-state index in [4.69, 9.17) is 5.11 Å². The van der Waals surface area contributed by atoms with Gasteiger partial charge in [-0.3, -0.25) is 0 Å². The molecule has 0 fully saturated rings. The maximum absolute atomic E-state index is 10.7. The van der Waals surface area contributed by atoms with Crippen molar-refractivity contribution in [3.05, 3.63) is 33.5 Å². The lowest BCUT2D eigenvalue weighted by Crippen LogP contribution is -2.17. The second-order valence-corrected chi connectivity index (χ2v) is 5.53. The highest BCUT2D eigenvalue weighted by Crippen LogP contribution is 2.19. The number of anilines is 1. The maximum atomic E-state index is 10.7. The van der Waals surface area contributed by atoms with Crippen LogP contribution in [0.5, 0.6) is 0 Å². The van der Waals surface area contributed by atoms with Crippen LogP contribution < -0.4 is 5.32 Å². The minimum absolute atomic E-state index is 0.234. The molecule has 2 aromatic rings. The standard InChI is InChI=1S/C11H12N2O2S2/c1-7(4-8-2-3-16-6-8)13-11-12-5-9(17-11)10(14)15/h2-3,5-7H,4H2,1H3,(H,12,13)(H,14,15). The van der Waals surface area contributed by atoms with Gasteiger partial charge in [-0.1, -0.05) is 11.3 Å². The van der Waals surface area contributed by atoms with Crippen LogP contribution in [0, 0.1) is 0 Å². The summed E-state index contributed by atoms with van der Waals surface area (Å²) in [5.74, 6) is -0.930. The van der Waals surface area contributed by atoms with Crippen LogP contribution in [-0.2, 0) is 6.42 Å². The first-order chi connectivity index (χ1) is 8.15. The number of hydrogen-bond donors (Lipinski definition) is 2. The Morgan fingerprint density at radius 1 is 1.65 bits per heavy atom. The third-order valence-corrected chi connectivity index (χ3v) is 3.86. The van der Waals surface area contributed by atoms with Crippen LogP contribution >= 0.6 is 22.7 Å². The first-order valence-electron chi connectivity index (χ1n) is 5.12. The van der Waals surface area contributed by atoms with Gasteiger partial charge in [0, 0.05) is 6.04 Å². The van der Waals surface area contributed by atoms with Crippen molar-refractivity contribution in [1.82, 2.24) is 4.98 Å². The number of nitrogens with one attached hydrogen (secondary N) is 1. The number of thiazole rings is 1. The molecule has 2 aromatic heterocycles. The smallest absolute Gasteiger partial charge is 0.347 e. The molecule has 0 saturated heterocycles. The minimum Gasteiger partial charge on any atom is -0.477 e. The fourth-order valence-corrected chi connectivity index (χ4v) is 2.91. The van der Waals surface area contributed by atoms with Crippen LogP contribution in [0.25, 0.3) is 0 Å². The molecule has 4 nitrogen and oxygen atoms in total. The first kappa shape index (κ1) is 12.1. The van der Waals surface area contributed by atoms with E-state index in [0.717, 1.165) is 17.8 Å². The molecule has 2 N–H and O–H groups in total. The van der Waals surface area contributed by atoms with E-state index >= 15 is 0 Å². The largest absolute Gasteiger partial charge is 0.477 e. The summed E-state index contributed by atoms with van der Waals surface area (Å²) in [6.45, 7) is 2.06. The number of carbonyl (C=O) groups is 1. The highest BCUT2D eigenvalue weighted by atomic mass is 32.1. The van der Waals surface area contributed by atoms with E-state index in [-0.39, 0.29) is 10.9 Å². The zero-order valence-electron chi connectivity index (χ0n) is 9.21. The molecule has 0 aromatic carbocycles. The number of carboxylic acids is 1. The van der Waals surface area contributed by atoms with E-state index in [1.54, 1.807) is 11.3 Å².